The highest BCUT2D eigenvalue weighted by Gasteiger charge is 2.26. The number of rotatable bonds is 17. The number of carbonyl (C=O) groups is 4. The highest BCUT2D eigenvalue weighted by molar-refractivity contribution is 5.83. The molecule has 0 saturated carbocycles. The molecule has 2 aromatic heterocycles. The van der Waals surface area contributed by atoms with E-state index in [9.17, 15) is 19.2 Å². The second kappa shape index (κ2) is 24.2. The van der Waals surface area contributed by atoms with Crippen LogP contribution in [0.4, 0.5) is 11.6 Å². The number of anilines is 2. The molecule has 14 heteroatoms. The van der Waals surface area contributed by atoms with Gasteiger partial charge in [0.25, 0.3) is 0 Å². The molecule has 2 aliphatic heterocycles. The summed E-state index contributed by atoms with van der Waals surface area (Å²) in [5.74, 6) is 0.0254. The van der Waals surface area contributed by atoms with Gasteiger partial charge < -0.3 is 30.3 Å². The number of aromatic nitrogens is 4. The van der Waals surface area contributed by atoms with Gasteiger partial charge in [0.1, 0.15) is 0 Å². The maximum atomic E-state index is 12.2. The third-order valence-electron chi connectivity index (χ3n) is 12.3. The molecule has 3 N–H and O–H groups in total. The van der Waals surface area contributed by atoms with E-state index >= 15 is 0 Å². The van der Waals surface area contributed by atoms with Crippen LogP contribution in [0.2, 0.25) is 0 Å². The zero-order valence-electron chi connectivity index (χ0n) is 41.0. The summed E-state index contributed by atoms with van der Waals surface area (Å²) in [4.78, 5) is 71.1. The van der Waals surface area contributed by atoms with Gasteiger partial charge in [-0.25, -0.2) is 19.9 Å². The van der Waals surface area contributed by atoms with E-state index in [1.165, 1.54) is 22.3 Å². The van der Waals surface area contributed by atoms with Crippen molar-refractivity contribution in [1.29, 1.82) is 0 Å². The first-order valence-corrected chi connectivity index (χ1v) is 24.4. The number of nitrogens with one attached hydrogen (secondary N) is 2. The zero-order chi connectivity index (χ0) is 49.6. The standard InChI is InChI=1S/C29H34N4O3.C27H30N4O3/c1-4-36-26(35)16-15-25(34)30-17-19-33-18-5-6-24-29(33)32-28(23-13-9-21(3)10-14-23)27(31-24)22-11-7-20(2)8-12-22;1-18-5-9-20(10-6-18)25-26(21-11-7-19(2)8-12-21)30-27-22(29-25)4-3-16-31(27)17-15-28-23(32)13-14-24(33)34/h7-14H,4-6,15-19H2,1-3H3,(H,30,34);5-12H,3-4,13-17H2,1-2H3,(H,28,32)(H,33,34). The van der Waals surface area contributed by atoms with Crippen LogP contribution in [0.1, 0.15) is 79.1 Å². The summed E-state index contributed by atoms with van der Waals surface area (Å²) in [5, 5.41) is 14.5. The lowest BCUT2D eigenvalue weighted by Crippen LogP contribution is -2.38. The lowest BCUT2D eigenvalue weighted by molar-refractivity contribution is -0.144. The topological polar surface area (TPSA) is 180 Å². The molecule has 4 heterocycles. The lowest BCUT2D eigenvalue weighted by atomic mass is 10.0. The summed E-state index contributed by atoms with van der Waals surface area (Å²) in [6, 6.07) is 33.5. The first-order chi connectivity index (χ1) is 33.8. The van der Waals surface area contributed by atoms with Gasteiger partial charge in [-0.3, -0.25) is 19.2 Å². The van der Waals surface area contributed by atoms with Gasteiger partial charge in [0.05, 0.1) is 53.6 Å². The quantitative estimate of drug-likeness (QED) is 0.0741. The molecule has 70 heavy (non-hydrogen) atoms. The number of aryl methyl sites for hydroxylation is 6. The largest absolute Gasteiger partial charge is 0.481 e. The van der Waals surface area contributed by atoms with Crippen molar-refractivity contribution in [1.82, 2.24) is 30.6 Å². The minimum atomic E-state index is -0.969. The molecule has 14 nitrogen and oxygen atoms in total. The predicted molar refractivity (Wildman–Crippen MR) is 275 cm³/mol. The SMILES string of the molecule is CCOC(=O)CCC(=O)NCCN1CCCc2nc(-c3ccc(C)cc3)c(-c3ccc(C)cc3)nc21.Cc1ccc(-c2nc3c(nc2-c2ccc(C)cc2)N(CCNC(=O)CCC(=O)O)CCC3)cc1. The Bertz CT molecular complexity index is 2760. The van der Waals surface area contributed by atoms with Crippen LogP contribution in [0.3, 0.4) is 0 Å². The number of ether oxygens (including phenoxy) is 1. The molecule has 0 fully saturated rings. The van der Waals surface area contributed by atoms with Gasteiger partial charge in [0.2, 0.25) is 11.8 Å². The van der Waals surface area contributed by atoms with Crippen molar-refractivity contribution in [3.05, 3.63) is 131 Å². The molecule has 2 amide bonds. The monoisotopic (exact) mass is 944 g/mol. The number of amides is 2. The van der Waals surface area contributed by atoms with Gasteiger partial charge >= 0.3 is 11.9 Å². The molecule has 0 unspecified atom stereocenters. The van der Waals surface area contributed by atoms with Crippen LogP contribution < -0.4 is 20.4 Å². The number of hydrogen-bond donors (Lipinski definition) is 3. The van der Waals surface area contributed by atoms with Crippen LogP contribution in [0.5, 0.6) is 0 Å². The molecule has 0 saturated heterocycles. The Morgan fingerprint density at radius 1 is 0.514 bits per heavy atom. The minimum absolute atomic E-state index is 0.0107. The van der Waals surface area contributed by atoms with Gasteiger partial charge in [0.15, 0.2) is 11.6 Å². The average Bonchev–Trinajstić information content (AvgIpc) is 3.36. The number of fused-ring (bicyclic) bond motifs is 2. The minimum Gasteiger partial charge on any atom is -0.481 e. The van der Waals surface area contributed by atoms with Crippen LogP contribution in [-0.4, -0.2) is 94.7 Å². The molecule has 6 aromatic rings. The van der Waals surface area contributed by atoms with E-state index < -0.39 is 5.97 Å². The second-order valence-electron chi connectivity index (χ2n) is 17.9. The fraction of sp³-hybridized carbons (Fsp3) is 0.357. The molecule has 4 aromatic carbocycles. The third-order valence-corrected chi connectivity index (χ3v) is 12.3. The van der Waals surface area contributed by atoms with Crippen molar-refractivity contribution in [3.63, 3.8) is 0 Å². The smallest absolute Gasteiger partial charge is 0.306 e. The lowest BCUT2D eigenvalue weighted by Gasteiger charge is -2.30. The summed E-state index contributed by atoms with van der Waals surface area (Å²) in [7, 11) is 0. The second-order valence-corrected chi connectivity index (χ2v) is 17.9. The number of aliphatic carboxylic acids is 1. The van der Waals surface area contributed by atoms with Crippen LogP contribution in [-0.2, 0) is 36.8 Å². The number of carbonyl (C=O) groups excluding carboxylic acids is 3. The van der Waals surface area contributed by atoms with Crippen LogP contribution >= 0.6 is 0 Å². The van der Waals surface area contributed by atoms with E-state index in [1.54, 1.807) is 6.92 Å². The van der Waals surface area contributed by atoms with Gasteiger partial charge in [-0.05, 0) is 60.3 Å². The highest BCUT2D eigenvalue weighted by atomic mass is 16.5. The zero-order valence-corrected chi connectivity index (χ0v) is 41.0. The van der Waals surface area contributed by atoms with Crippen molar-refractivity contribution < 1.29 is 29.0 Å². The molecule has 0 aliphatic carbocycles. The summed E-state index contributed by atoms with van der Waals surface area (Å²) in [6.07, 6.45) is 3.73. The number of carboxylic acid groups (broad SMARTS) is 1. The predicted octanol–water partition coefficient (Wildman–Crippen LogP) is 8.80. The maximum absolute atomic E-state index is 12.2. The fourth-order valence-electron chi connectivity index (χ4n) is 8.44. The number of esters is 1. The maximum Gasteiger partial charge on any atom is 0.306 e. The number of carboxylic acids is 1. The third kappa shape index (κ3) is 13.6. The van der Waals surface area contributed by atoms with E-state index in [2.05, 4.69) is 145 Å². The van der Waals surface area contributed by atoms with E-state index in [-0.39, 0.29) is 43.5 Å². The number of hydrogen-bond acceptors (Lipinski definition) is 11. The highest BCUT2D eigenvalue weighted by Crippen LogP contribution is 2.36. The molecule has 8 rings (SSSR count). The molecule has 0 atom stereocenters. The number of nitrogens with zero attached hydrogens (tertiary/aromatic N) is 6. The normalized spacial score (nSPS) is 12.8. The van der Waals surface area contributed by atoms with Crippen molar-refractivity contribution in [3.8, 4) is 45.0 Å². The Balaban J connectivity index is 0.000000207. The summed E-state index contributed by atoms with van der Waals surface area (Å²) in [6.45, 7) is 14.2. The Morgan fingerprint density at radius 3 is 1.20 bits per heavy atom. The van der Waals surface area contributed by atoms with E-state index in [0.29, 0.717) is 32.8 Å². The van der Waals surface area contributed by atoms with Gasteiger partial charge in [-0.2, -0.15) is 0 Å². The summed E-state index contributed by atoms with van der Waals surface area (Å²) < 4.78 is 4.89. The van der Waals surface area contributed by atoms with Crippen molar-refractivity contribution in [2.24, 2.45) is 0 Å². The molecular formula is C56H64N8O6. The van der Waals surface area contributed by atoms with Gasteiger partial charge in [0, 0.05) is 74.4 Å². The van der Waals surface area contributed by atoms with Crippen LogP contribution in [0.25, 0.3) is 45.0 Å². The Morgan fingerprint density at radius 2 is 0.857 bits per heavy atom. The van der Waals surface area contributed by atoms with Crippen molar-refractivity contribution in [2.75, 3.05) is 55.7 Å². The van der Waals surface area contributed by atoms with Crippen LogP contribution in [0.15, 0.2) is 97.1 Å². The van der Waals surface area contributed by atoms with Crippen molar-refractivity contribution >= 4 is 35.4 Å². The molecule has 364 valence electrons. The molecule has 0 radical (unpaired) electrons. The van der Waals surface area contributed by atoms with E-state index in [1.807, 2.05) is 0 Å². The molecular weight excluding hydrogens is 881 g/mol. The summed E-state index contributed by atoms with van der Waals surface area (Å²) >= 11 is 0. The van der Waals surface area contributed by atoms with Gasteiger partial charge in [-0.15, -0.1) is 0 Å². The molecule has 0 spiro atoms. The Kier molecular flexibility index (Phi) is 17.4. The Labute approximate surface area is 411 Å². The first-order valence-electron chi connectivity index (χ1n) is 24.4. The number of benzene rings is 4. The van der Waals surface area contributed by atoms with Crippen molar-refractivity contribution in [2.45, 2.75) is 86.0 Å². The van der Waals surface area contributed by atoms with Crippen LogP contribution in [0, 0.1) is 27.7 Å². The molecule has 2 aliphatic rings. The summed E-state index contributed by atoms with van der Waals surface area (Å²) in [5.41, 5.74) is 14.4. The van der Waals surface area contributed by atoms with E-state index in [0.717, 1.165) is 107 Å². The Hall–Kier alpha value is -7.48. The molecule has 0 bridgehead atoms. The fourth-order valence-corrected chi connectivity index (χ4v) is 8.44. The average molecular weight is 945 g/mol. The first kappa shape index (κ1) is 50.4. The van der Waals surface area contributed by atoms with E-state index in [4.69, 9.17) is 29.8 Å². The van der Waals surface area contributed by atoms with Gasteiger partial charge in [-0.1, -0.05) is 119 Å².